The SMILES string of the molecule is CCNC(=NCc1ccc(F)c(CO)c1)N1CCOC(c2cnn(C)c2)C1. The quantitative estimate of drug-likeness (QED) is 0.613. The lowest BCUT2D eigenvalue weighted by atomic mass is 10.1. The number of aryl methyl sites for hydroxylation is 1. The van der Waals surface area contributed by atoms with Gasteiger partial charge >= 0.3 is 0 Å². The van der Waals surface area contributed by atoms with Crippen molar-refractivity contribution in [3.05, 3.63) is 53.1 Å². The first-order valence-electron chi connectivity index (χ1n) is 9.12. The van der Waals surface area contributed by atoms with Crippen LogP contribution in [0.3, 0.4) is 0 Å². The van der Waals surface area contributed by atoms with Gasteiger partial charge in [-0.05, 0) is 24.6 Å². The molecule has 0 amide bonds. The van der Waals surface area contributed by atoms with E-state index in [4.69, 9.17) is 9.73 Å². The van der Waals surface area contributed by atoms with E-state index < -0.39 is 5.82 Å². The Labute approximate surface area is 158 Å². The molecule has 0 spiro atoms. The lowest BCUT2D eigenvalue weighted by Crippen LogP contribution is -2.48. The van der Waals surface area contributed by atoms with Crippen molar-refractivity contribution in [3.8, 4) is 0 Å². The second-order valence-corrected chi connectivity index (χ2v) is 6.51. The van der Waals surface area contributed by atoms with Crippen LogP contribution < -0.4 is 5.32 Å². The second kappa shape index (κ2) is 8.96. The highest BCUT2D eigenvalue weighted by Crippen LogP contribution is 2.21. The fourth-order valence-corrected chi connectivity index (χ4v) is 3.09. The number of morpholine rings is 1. The second-order valence-electron chi connectivity index (χ2n) is 6.51. The molecule has 2 aromatic rings. The van der Waals surface area contributed by atoms with Gasteiger partial charge in [0.25, 0.3) is 0 Å². The standard InChI is InChI=1S/C19H26FN5O2/c1-3-21-19(22-9-14-4-5-17(20)15(8-14)13-26)25-6-7-27-18(12-25)16-10-23-24(2)11-16/h4-5,8,10-11,18,26H,3,6-7,9,12-13H2,1-2H3,(H,21,22). The zero-order valence-electron chi connectivity index (χ0n) is 15.7. The maximum Gasteiger partial charge on any atom is 0.194 e. The Morgan fingerprint density at radius 1 is 1.48 bits per heavy atom. The topological polar surface area (TPSA) is 74.9 Å². The Hall–Kier alpha value is -2.45. The fourth-order valence-electron chi connectivity index (χ4n) is 3.09. The number of nitrogens with zero attached hydrogens (tertiary/aromatic N) is 4. The molecule has 2 heterocycles. The van der Waals surface area contributed by atoms with Crippen LogP contribution in [-0.4, -0.2) is 52.0 Å². The van der Waals surface area contributed by atoms with Crippen molar-refractivity contribution in [3.63, 3.8) is 0 Å². The summed E-state index contributed by atoms with van der Waals surface area (Å²) in [4.78, 5) is 6.86. The van der Waals surface area contributed by atoms with Gasteiger partial charge in [-0.3, -0.25) is 4.68 Å². The van der Waals surface area contributed by atoms with Crippen molar-refractivity contribution < 1.29 is 14.2 Å². The van der Waals surface area contributed by atoms with Gasteiger partial charge in [0.2, 0.25) is 0 Å². The van der Waals surface area contributed by atoms with E-state index in [9.17, 15) is 9.50 Å². The van der Waals surface area contributed by atoms with Gasteiger partial charge in [0.15, 0.2) is 5.96 Å². The minimum absolute atomic E-state index is 0.0527. The molecule has 2 N–H and O–H groups in total. The van der Waals surface area contributed by atoms with Crippen LogP contribution >= 0.6 is 0 Å². The first-order valence-corrected chi connectivity index (χ1v) is 9.12. The van der Waals surface area contributed by atoms with Gasteiger partial charge in [-0.15, -0.1) is 0 Å². The Morgan fingerprint density at radius 2 is 2.33 bits per heavy atom. The first-order chi connectivity index (χ1) is 13.1. The molecular weight excluding hydrogens is 349 g/mol. The van der Waals surface area contributed by atoms with E-state index in [2.05, 4.69) is 15.3 Å². The third-order valence-electron chi connectivity index (χ3n) is 4.49. The smallest absolute Gasteiger partial charge is 0.194 e. The van der Waals surface area contributed by atoms with Crippen LogP contribution in [0.4, 0.5) is 4.39 Å². The predicted molar refractivity (Wildman–Crippen MR) is 101 cm³/mol. The highest BCUT2D eigenvalue weighted by molar-refractivity contribution is 5.80. The van der Waals surface area contributed by atoms with E-state index in [1.807, 2.05) is 26.4 Å². The van der Waals surface area contributed by atoms with Crippen molar-refractivity contribution in [1.82, 2.24) is 20.0 Å². The number of aliphatic imine (C=N–C) groups is 1. The van der Waals surface area contributed by atoms with E-state index in [1.165, 1.54) is 6.07 Å². The summed E-state index contributed by atoms with van der Waals surface area (Å²) in [5, 5.41) is 16.8. The van der Waals surface area contributed by atoms with Gasteiger partial charge in [-0.25, -0.2) is 9.38 Å². The molecule has 1 saturated heterocycles. The maximum absolute atomic E-state index is 13.5. The molecule has 1 aromatic heterocycles. The minimum Gasteiger partial charge on any atom is -0.392 e. The summed E-state index contributed by atoms with van der Waals surface area (Å²) in [5.74, 6) is 0.397. The van der Waals surface area contributed by atoms with E-state index in [-0.39, 0.29) is 18.3 Å². The third kappa shape index (κ3) is 4.84. The van der Waals surface area contributed by atoms with Crippen LogP contribution in [0.2, 0.25) is 0 Å². The minimum atomic E-state index is -0.398. The van der Waals surface area contributed by atoms with Crippen molar-refractivity contribution >= 4 is 5.96 Å². The number of ether oxygens (including phenoxy) is 1. The fraction of sp³-hybridized carbons (Fsp3) is 0.474. The predicted octanol–water partition coefficient (Wildman–Crippen LogP) is 1.59. The number of aliphatic hydroxyl groups excluding tert-OH is 1. The number of nitrogens with one attached hydrogen (secondary N) is 1. The van der Waals surface area contributed by atoms with Crippen LogP contribution in [0.25, 0.3) is 0 Å². The van der Waals surface area contributed by atoms with Gasteiger partial charge in [0, 0.05) is 37.5 Å². The molecule has 0 radical (unpaired) electrons. The van der Waals surface area contributed by atoms with Gasteiger partial charge < -0.3 is 20.1 Å². The van der Waals surface area contributed by atoms with Gasteiger partial charge in [-0.2, -0.15) is 5.10 Å². The number of benzene rings is 1. The largest absolute Gasteiger partial charge is 0.392 e. The zero-order valence-corrected chi connectivity index (χ0v) is 15.7. The summed E-state index contributed by atoms with van der Waals surface area (Å²) < 4.78 is 21.2. The highest BCUT2D eigenvalue weighted by Gasteiger charge is 2.25. The summed E-state index contributed by atoms with van der Waals surface area (Å²) in [6.45, 7) is 4.89. The maximum atomic E-state index is 13.5. The van der Waals surface area contributed by atoms with Gasteiger partial charge in [0.05, 0.1) is 32.5 Å². The average molecular weight is 375 g/mol. The number of rotatable bonds is 5. The Bertz CT molecular complexity index is 792. The van der Waals surface area contributed by atoms with Crippen LogP contribution in [-0.2, 0) is 24.9 Å². The number of hydrogen-bond acceptors (Lipinski definition) is 4. The Balaban J connectivity index is 1.72. The average Bonchev–Trinajstić information content (AvgIpc) is 3.12. The lowest BCUT2D eigenvalue weighted by Gasteiger charge is -2.34. The summed E-state index contributed by atoms with van der Waals surface area (Å²) in [5.41, 5.74) is 2.19. The molecule has 1 fully saturated rings. The Morgan fingerprint density at radius 3 is 3.04 bits per heavy atom. The van der Waals surface area contributed by atoms with Crippen molar-refractivity contribution in [1.29, 1.82) is 0 Å². The van der Waals surface area contributed by atoms with Crippen molar-refractivity contribution in [2.75, 3.05) is 26.2 Å². The van der Waals surface area contributed by atoms with Crippen molar-refractivity contribution in [2.24, 2.45) is 12.0 Å². The molecule has 1 atom stereocenters. The molecule has 0 aliphatic carbocycles. The van der Waals surface area contributed by atoms with E-state index in [0.717, 1.165) is 30.2 Å². The summed E-state index contributed by atoms with van der Waals surface area (Å²) in [6, 6.07) is 4.72. The lowest BCUT2D eigenvalue weighted by molar-refractivity contribution is -0.00805. The highest BCUT2D eigenvalue weighted by atomic mass is 19.1. The number of aliphatic hydroxyl groups is 1. The zero-order chi connectivity index (χ0) is 19.2. The molecule has 146 valence electrons. The molecule has 27 heavy (non-hydrogen) atoms. The van der Waals surface area contributed by atoms with Crippen LogP contribution in [0.5, 0.6) is 0 Å². The number of halogens is 1. The van der Waals surface area contributed by atoms with Crippen LogP contribution in [0.1, 0.15) is 29.7 Å². The number of aromatic nitrogens is 2. The van der Waals surface area contributed by atoms with Crippen LogP contribution in [0.15, 0.2) is 35.6 Å². The molecular formula is C19H26FN5O2. The van der Waals surface area contributed by atoms with E-state index in [1.54, 1.807) is 16.8 Å². The van der Waals surface area contributed by atoms with Crippen LogP contribution in [0, 0.1) is 5.82 Å². The molecule has 7 nitrogen and oxygen atoms in total. The molecule has 1 aliphatic heterocycles. The van der Waals surface area contributed by atoms with E-state index in [0.29, 0.717) is 19.7 Å². The van der Waals surface area contributed by atoms with Gasteiger partial charge in [0.1, 0.15) is 11.9 Å². The third-order valence-corrected chi connectivity index (χ3v) is 4.49. The molecule has 0 saturated carbocycles. The van der Waals surface area contributed by atoms with E-state index >= 15 is 0 Å². The molecule has 0 bridgehead atoms. The molecule has 1 aromatic carbocycles. The molecule has 1 aliphatic rings. The molecule has 1 unspecified atom stereocenters. The molecule has 8 heteroatoms. The normalized spacial score (nSPS) is 18.0. The van der Waals surface area contributed by atoms with Crippen molar-refractivity contribution in [2.45, 2.75) is 26.2 Å². The molecule has 3 rings (SSSR count). The summed E-state index contributed by atoms with van der Waals surface area (Å²) in [7, 11) is 1.89. The summed E-state index contributed by atoms with van der Waals surface area (Å²) in [6.07, 6.45) is 3.74. The Kier molecular flexibility index (Phi) is 6.41. The first kappa shape index (κ1) is 19.3. The monoisotopic (exact) mass is 375 g/mol. The number of hydrogen-bond donors (Lipinski definition) is 2. The number of guanidine groups is 1. The summed E-state index contributed by atoms with van der Waals surface area (Å²) >= 11 is 0. The van der Waals surface area contributed by atoms with Gasteiger partial charge in [-0.1, -0.05) is 6.07 Å².